The molecule has 0 spiro atoms. The summed E-state index contributed by atoms with van der Waals surface area (Å²) < 4.78 is 15.9. The van der Waals surface area contributed by atoms with E-state index in [9.17, 15) is 14.9 Å². The molecule has 0 bridgehead atoms. The van der Waals surface area contributed by atoms with Gasteiger partial charge in [-0.3, -0.25) is 10.1 Å². The van der Waals surface area contributed by atoms with Gasteiger partial charge in [0.25, 0.3) is 5.69 Å². The van der Waals surface area contributed by atoms with Crippen molar-refractivity contribution in [2.45, 2.75) is 20.0 Å². The Hall–Kier alpha value is -3.09. The maximum absolute atomic E-state index is 12.5. The molecule has 0 aromatic heterocycles. The van der Waals surface area contributed by atoms with Crippen LogP contribution in [0.2, 0.25) is 0 Å². The van der Waals surface area contributed by atoms with Crippen LogP contribution >= 0.6 is 0 Å². The first kappa shape index (κ1) is 18.3. The molecular formula is C18H19NO6. The van der Waals surface area contributed by atoms with Gasteiger partial charge in [0.05, 0.1) is 30.3 Å². The standard InChI is InChI=1S/C18H19NO6/c1-11-16(23-3)9-13(10-17(11)24-4)18(20)25-12(2)14-7-5-6-8-15(14)19(21)22/h5-10,12H,1-4H3. The summed E-state index contributed by atoms with van der Waals surface area (Å²) in [6, 6.07) is 9.25. The number of esters is 1. The third kappa shape index (κ3) is 3.88. The van der Waals surface area contributed by atoms with E-state index in [0.29, 0.717) is 17.1 Å². The van der Waals surface area contributed by atoms with E-state index in [2.05, 4.69) is 0 Å². The van der Waals surface area contributed by atoms with Crippen LogP contribution in [0.4, 0.5) is 5.69 Å². The molecule has 0 heterocycles. The molecule has 2 rings (SSSR count). The van der Waals surface area contributed by atoms with E-state index in [4.69, 9.17) is 14.2 Å². The van der Waals surface area contributed by atoms with Gasteiger partial charge in [0, 0.05) is 11.6 Å². The Bertz CT molecular complexity index is 777. The van der Waals surface area contributed by atoms with E-state index in [1.54, 1.807) is 37.3 Å². The number of carbonyl (C=O) groups excluding carboxylic acids is 1. The number of rotatable bonds is 6. The van der Waals surface area contributed by atoms with Gasteiger partial charge in [-0.25, -0.2) is 4.79 Å². The van der Waals surface area contributed by atoms with Gasteiger partial charge in [0.2, 0.25) is 0 Å². The SMILES string of the molecule is COc1cc(C(=O)OC(C)c2ccccc2[N+](=O)[O-])cc(OC)c1C. The molecule has 7 nitrogen and oxygen atoms in total. The Morgan fingerprint density at radius 3 is 2.20 bits per heavy atom. The Balaban J connectivity index is 2.30. The van der Waals surface area contributed by atoms with Crippen molar-refractivity contribution in [2.75, 3.05) is 14.2 Å². The van der Waals surface area contributed by atoms with Crippen LogP contribution < -0.4 is 9.47 Å². The molecule has 2 aromatic rings. The molecule has 1 unspecified atom stereocenters. The first-order chi connectivity index (χ1) is 11.9. The van der Waals surface area contributed by atoms with Gasteiger partial charge in [0.15, 0.2) is 0 Å². The summed E-state index contributed by atoms with van der Waals surface area (Å²) in [4.78, 5) is 23.1. The van der Waals surface area contributed by atoms with Crippen molar-refractivity contribution in [1.29, 1.82) is 0 Å². The maximum Gasteiger partial charge on any atom is 0.339 e. The van der Waals surface area contributed by atoms with Crippen LogP contribution in [-0.2, 0) is 4.74 Å². The number of ether oxygens (including phenoxy) is 3. The molecule has 0 fully saturated rings. The van der Waals surface area contributed by atoms with Gasteiger partial charge in [0.1, 0.15) is 17.6 Å². The van der Waals surface area contributed by atoms with E-state index in [-0.39, 0.29) is 11.3 Å². The number of methoxy groups -OCH3 is 2. The summed E-state index contributed by atoms with van der Waals surface area (Å²) in [6.45, 7) is 3.39. The van der Waals surface area contributed by atoms with Crippen LogP contribution in [0.15, 0.2) is 36.4 Å². The summed E-state index contributed by atoms with van der Waals surface area (Å²) in [5, 5.41) is 11.1. The summed E-state index contributed by atoms with van der Waals surface area (Å²) >= 11 is 0. The fraction of sp³-hybridized carbons (Fsp3) is 0.278. The maximum atomic E-state index is 12.5. The van der Waals surface area contributed by atoms with E-state index in [1.165, 1.54) is 20.3 Å². The molecule has 1 atom stereocenters. The average Bonchev–Trinajstić information content (AvgIpc) is 2.61. The lowest BCUT2D eigenvalue weighted by molar-refractivity contribution is -0.386. The summed E-state index contributed by atoms with van der Waals surface area (Å²) in [5.74, 6) is 0.358. The second-order valence-corrected chi connectivity index (χ2v) is 5.37. The van der Waals surface area contributed by atoms with Crippen molar-refractivity contribution >= 4 is 11.7 Å². The molecule has 0 saturated heterocycles. The quantitative estimate of drug-likeness (QED) is 0.449. The van der Waals surface area contributed by atoms with E-state index in [1.807, 2.05) is 6.92 Å². The predicted octanol–water partition coefficient (Wildman–Crippen LogP) is 3.84. The van der Waals surface area contributed by atoms with Gasteiger partial charge in [-0.2, -0.15) is 0 Å². The lowest BCUT2D eigenvalue weighted by atomic mass is 10.1. The highest BCUT2D eigenvalue weighted by atomic mass is 16.6. The third-order valence-corrected chi connectivity index (χ3v) is 3.84. The smallest absolute Gasteiger partial charge is 0.339 e. The highest BCUT2D eigenvalue weighted by Gasteiger charge is 2.23. The van der Waals surface area contributed by atoms with Crippen LogP contribution in [0.25, 0.3) is 0 Å². The molecule has 0 aliphatic heterocycles. The number of hydrogen-bond acceptors (Lipinski definition) is 6. The minimum absolute atomic E-state index is 0.0955. The second kappa shape index (κ2) is 7.65. The average molecular weight is 345 g/mol. The molecule has 0 saturated carbocycles. The van der Waals surface area contributed by atoms with Gasteiger partial charge < -0.3 is 14.2 Å². The number of hydrogen-bond donors (Lipinski definition) is 0. The Morgan fingerprint density at radius 1 is 1.12 bits per heavy atom. The summed E-state index contributed by atoms with van der Waals surface area (Å²) in [7, 11) is 2.99. The number of carbonyl (C=O) groups is 1. The molecule has 0 N–H and O–H groups in total. The van der Waals surface area contributed by atoms with Gasteiger partial charge >= 0.3 is 5.97 Å². The normalized spacial score (nSPS) is 11.5. The zero-order chi connectivity index (χ0) is 18.6. The highest BCUT2D eigenvalue weighted by Crippen LogP contribution is 2.32. The van der Waals surface area contributed by atoms with Crippen LogP contribution in [0, 0.1) is 17.0 Å². The Kier molecular flexibility index (Phi) is 5.59. The fourth-order valence-electron chi connectivity index (χ4n) is 2.49. The number of nitro groups is 1. The molecule has 2 aromatic carbocycles. The molecule has 0 aliphatic carbocycles. The van der Waals surface area contributed by atoms with E-state index < -0.39 is 17.0 Å². The number of nitro benzene ring substituents is 1. The third-order valence-electron chi connectivity index (χ3n) is 3.84. The first-order valence-electron chi connectivity index (χ1n) is 7.56. The van der Waals surface area contributed by atoms with Crippen LogP contribution in [-0.4, -0.2) is 25.1 Å². The van der Waals surface area contributed by atoms with Crippen molar-refractivity contribution in [3.05, 3.63) is 63.2 Å². The second-order valence-electron chi connectivity index (χ2n) is 5.37. The summed E-state index contributed by atoms with van der Waals surface area (Å²) in [6.07, 6.45) is -0.785. The Labute approximate surface area is 145 Å². The van der Waals surface area contributed by atoms with E-state index >= 15 is 0 Å². The van der Waals surface area contributed by atoms with Crippen LogP contribution in [0.5, 0.6) is 11.5 Å². The fourth-order valence-corrected chi connectivity index (χ4v) is 2.49. The largest absolute Gasteiger partial charge is 0.496 e. The zero-order valence-electron chi connectivity index (χ0n) is 14.4. The first-order valence-corrected chi connectivity index (χ1v) is 7.56. The van der Waals surface area contributed by atoms with Crippen molar-refractivity contribution < 1.29 is 23.9 Å². The zero-order valence-corrected chi connectivity index (χ0v) is 14.4. The van der Waals surface area contributed by atoms with Crippen LogP contribution in [0.3, 0.4) is 0 Å². The molecular weight excluding hydrogens is 326 g/mol. The monoisotopic (exact) mass is 345 g/mol. The van der Waals surface area contributed by atoms with Gasteiger partial charge in [-0.05, 0) is 32.0 Å². The van der Waals surface area contributed by atoms with Crippen LogP contribution in [0.1, 0.15) is 34.5 Å². The van der Waals surface area contributed by atoms with Gasteiger partial charge in [-0.1, -0.05) is 12.1 Å². The lowest BCUT2D eigenvalue weighted by Crippen LogP contribution is -2.11. The molecule has 0 radical (unpaired) electrons. The number of benzene rings is 2. The highest BCUT2D eigenvalue weighted by molar-refractivity contribution is 5.91. The van der Waals surface area contributed by atoms with Crippen molar-refractivity contribution in [3.8, 4) is 11.5 Å². The molecule has 132 valence electrons. The van der Waals surface area contributed by atoms with Crippen molar-refractivity contribution in [3.63, 3.8) is 0 Å². The molecule has 0 aliphatic rings. The minimum Gasteiger partial charge on any atom is -0.496 e. The summed E-state index contributed by atoms with van der Waals surface area (Å²) in [5.41, 5.74) is 1.23. The molecule has 0 amide bonds. The predicted molar refractivity (Wildman–Crippen MR) is 91.2 cm³/mol. The van der Waals surface area contributed by atoms with Gasteiger partial charge in [-0.15, -0.1) is 0 Å². The lowest BCUT2D eigenvalue weighted by Gasteiger charge is -2.16. The minimum atomic E-state index is -0.785. The molecule has 7 heteroatoms. The topological polar surface area (TPSA) is 87.9 Å². The molecule has 25 heavy (non-hydrogen) atoms. The van der Waals surface area contributed by atoms with Crippen molar-refractivity contribution in [1.82, 2.24) is 0 Å². The number of nitrogens with zero attached hydrogens (tertiary/aromatic N) is 1. The number of para-hydroxylation sites is 1. The van der Waals surface area contributed by atoms with Crippen molar-refractivity contribution in [2.24, 2.45) is 0 Å². The Morgan fingerprint density at radius 2 is 1.68 bits per heavy atom. The van der Waals surface area contributed by atoms with E-state index in [0.717, 1.165) is 5.56 Å².